The van der Waals surface area contributed by atoms with Gasteiger partial charge in [0.05, 0.1) is 0 Å². The molecule has 2 nitrogen and oxygen atoms in total. The Morgan fingerprint density at radius 3 is 2.45 bits per heavy atom. The van der Waals surface area contributed by atoms with Gasteiger partial charge in [-0.3, -0.25) is 4.79 Å². The molecule has 0 spiro atoms. The largest absolute Gasteiger partial charge is 0.345 e. The molecule has 2 aromatic rings. The Kier molecular flexibility index (Phi) is 4.91. The normalized spacial score (nSPS) is 9.45. The van der Waals surface area contributed by atoms with Crippen molar-refractivity contribution in [3.8, 4) is 11.8 Å². The van der Waals surface area contributed by atoms with Crippen molar-refractivity contribution in [1.82, 2.24) is 5.32 Å². The highest BCUT2D eigenvalue weighted by atomic mass is 19.1. The van der Waals surface area contributed by atoms with E-state index in [-0.39, 0.29) is 11.7 Å². The molecule has 0 aromatic heterocycles. The fourth-order valence-corrected chi connectivity index (χ4v) is 1.67. The summed E-state index contributed by atoms with van der Waals surface area (Å²) in [6.45, 7) is 0.543. The van der Waals surface area contributed by atoms with Crippen molar-refractivity contribution in [2.45, 2.75) is 6.42 Å². The number of nitrogens with one attached hydrogen (secondary N) is 1. The molecule has 0 radical (unpaired) electrons. The summed E-state index contributed by atoms with van der Waals surface area (Å²) in [4.78, 5) is 11.5. The number of halogens is 1. The average molecular weight is 267 g/mol. The third kappa shape index (κ3) is 4.58. The second kappa shape index (κ2) is 7.10. The molecule has 0 saturated carbocycles. The fourth-order valence-electron chi connectivity index (χ4n) is 1.67. The summed E-state index contributed by atoms with van der Waals surface area (Å²) in [5.41, 5.74) is 1.78. The molecular weight excluding hydrogens is 253 g/mol. The molecule has 2 rings (SSSR count). The lowest BCUT2D eigenvalue weighted by molar-refractivity contribution is -0.115. The number of hydrogen-bond donors (Lipinski definition) is 1. The Morgan fingerprint density at radius 2 is 1.75 bits per heavy atom. The number of rotatable bonds is 3. The Hall–Kier alpha value is -2.60. The zero-order chi connectivity index (χ0) is 14.2. The highest BCUT2D eigenvalue weighted by molar-refractivity contribution is 5.94. The highest BCUT2D eigenvalue weighted by Crippen LogP contribution is 2.00. The highest BCUT2D eigenvalue weighted by Gasteiger charge is 1.96. The van der Waals surface area contributed by atoms with Crippen molar-refractivity contribution in [2.75, 3.05) is 6.54 Å². The van der Waals surface area contributed by atoms with Gasteiger partial charge in [0.15, 0.2) is 0 Å². The van der Waals surface area contributed by atoms with E-state index in [9.17, 15) is 9.18 Å². The topological polar surface area (TPSA) is 29.1 Å². The van der Waals surface area contributed by atoms with E-state index in [4.69, 9.17) is 0 Å². The molecular formula is C17H14FNO. The molecule has 100 valence electrons. The predicted molar refractivity (Wildman–Crippen MR) is 76.4 cm³/mol. The standard InChI is InChI=1S/C17H14FNO/c18-16-9-6-15(7-10-16)8-11-17(20)19-13-12-14-4-2-1-3-5-14/h1-7,9-10H,12-13H2,(H,19,20). The van der Waals surface area contributed by atoms with Gasteiger partial charge in [0.25, 0.3) is 5.91 Å². The molecule has 0 saturated heterocycles. The van der Waals surface area contributed by atoms with E-state index in [1.807, 2.05) is 30.3 Å². The molecule has 0 unspecified atom stereocenters. The van der Waals surface area contributed by atoms with E-state index in [2.05, 4.69) is 17.2 Å². The van der Waals surface area contributed by atoms with Crippen LogP contribution in [0.25, 0.3) is 0 Å². The maximum atomic E-state index is 12.7. The van der Waals surface area contributed by atoms with Crippen LogP contribution in [0.5, 0.6) is 0 Å². The number of hydrogen-bond acceptors (Lipinski definition) is 1. The van der Waals surface area contributed by atoms with Crippen LogP contribution in [0, 0.1) is 17.7 Å². The Morgan fingerprint density at radius 1 is 1.05 bits per heavy atom. The van der Waals surface area contributed by atoms with Gasteiger partial charge in [-0.25, -0.2) is 4.39 Å². The summed E-state index contributed by atoms with van der Waals surface area (Å²) >= 11 is 0. The summed E-state index contributed by atoms with van der Waals surface area (Å²) in [5, 5.41) is 2.73. The lowest BCUT2D eigenvalue weighted by atomic mass is 10.1. The van der Waals surface area contributed by atoms with Gasteiger partial charge in [0.1, 0.15) is 5.82 Å². The van der Waals surface area contributed by atoms with E-state index < -0.39 is 0 Å². The predicted octanol–water partition coefficient (Wildman–Crippen LogP) is 2.54. The van der Waals surface area contributed by atoms with E-state index in [1.165, 1.54) is 17.7 Å². The minimum Gasteiger partial charge on any atom is -0.345 e. The maximum absolute atomic E-state index is 12.7. The van der Waals surface area contributed by atoms with Gasteiger partial charge in [0.2, 0.25) is 0 Å². The number of carbonyl (C=O) groups excluding carboxylic acids is 1. The van der Waals surface area contributed by atoms with Crippen LogP contribution >= 0.6 is 0 Å². The van der Waals surface area contributed by atoms with Gasteiger partial charge in [0, 0.05) is 18.0 Å². The molecule has 0 aliphatic carbocycles. The van der Waals surface area contributed by atoms with E-state index in [1.54, 1.807) is 12.1 Å². The van der Waals surface area contributed by atoms with Crippen LogP contribution in [0.1, 0.15) is 11.1 Å². The summed E-state index contributed by atoms with van der Waals surface area (Å²) < 4.78 is 12.7. The van der Waals surface area contributed by atoms with Crippen LogP contribution in [0.4, 0.5) is 4.39 Å². The number of benzene rings is 2. The monoisotopic (exact) mass is 267 g/mol. The van der Waals surface area contributed by atoms with Crippen LogP contribution in [-0.2, 0) is 11.2 Å². The van der Waals surface area contributed by atoms with Crippen molar-refractivity contribution in [2.24, 2.45) is 0 Å². The summed E-state index contributed by atoms with van der Waals surface area (Å²) in [5.74, 6) is 4.53. The van der Waals surface area contributed by atoms with Gasteiger partial charge in [-0.05, 0) is 36.2 Å². The van der Waals surface area contributed by atoms with Crippen molar-refractivity contribution >= 4 is 5.91 Å². The number of carbonyl (C=O) groups is 1. The second-order valence-corrected chi connectivity index (χ2v) is 4.25. The zero-order valence-electron chi connectivity index (χ0n) is 10.9. The smallest absolute Gasteiger partial charge is 0.296 e. The first kappa shape index (κ1) is 13.8. The Balaban J connectivity index is 1.80. The lowest BCUT2D eigenvalue weighted by Crippen LogP contribution is -2.23. The Bertz CT molecular complexity index is 624. The van der Waals surface area contributed by atoms with Crippen molar-refractivity contribution in [3.05, 3.63) is 71.5 Å². The molecule has 1 N–H and O–H groups in total. The average Bonchev–Trinajstić information content (AvgIpc) is 2.48. The van der Waals surface area contributed by atoms with Crippen LogP contribution in [0.15, 0.2) is 54.6 Å². The van der Waals surface area contributed by atoms with Crippen molar-refractivity contribution in [1.29, 1.82) is 0 Å². The first-order valence-corrected chi connectivity index (χ1v) is 6.33. The second-order valence-electron chi connectivity index (χ2n) is 4.25. The minimum atomic E-state index is -0.328. The molecule has 2 aromatic carbocycles. The first-order valence-electron chi connectivity index (χ1n) is 6.33. The van der Waals surface area contributed by atoms with Crippen LogP contribution < -0.4 is 5.32 Å². The molecule has 1 amide bonds. The Labute approximate surface area is 117 Å². The third-order valence-corrected chi connectivity index (χ3v) is 2.71. The SMILES string of the molecule is O=C(C#Cc1ccc(F)cc1)NCCc1ccccc1. The van der Waals surface area contributed by atoms with Crippen LogP contribution in [-0.4, -0.2) is 12.5 Å². The molecule has 0 heterocycles. The molecule has 3 heteroatoms. The first-order chi connectivity index (χ1) is 9.74. The van der Waals surface area contributed by atoms with Crippen molar-refractivity contribution in [3.63, 3.8) is 0 Å². The molecule has 0 aliphatic rings. The van der Waals surface area contributed by atoms with Gasteiger partial charge >= 0.3 is 0 Å². The molecule has 0 atom stereocenters. The molecule has 0 fully saturated rings. The van der Waals surface area contributed by atoms with E-state index in [0.717, 1.165) is 6.42 Å². The quantitative estimate of drug-likeness (QED) is 0.851. The lowest BCUT2D eigenvalue weighted by Gasteiger charge is -2.01. The third-order valence-electron chi connectivity index (χ3n) is 2.71. The van der Waals surface area contributed by atoms with Gasteiger partial charge in [-0.1, -0.05) is 36.3 Å². The summed E-state index contributed by atoms with van der Waals surface area (Å²) in [6.07, 6.45) is 0.769. The van der Waals surface area contributed by atoms with Gasteiger partial charge in [-0.15, -0.1) is 0 Å². The fraction of sp³-hybridized carbons (Fsp3) is 0.118. The summed E-state index contributed by atoms with van der Waals surface area (Å²) in [7, 11) is 0. The molecule has 20 heavy (non-hydrogen) atoms. The maximum Gasteiger partial charge on any atom is 0.296 e. The molecule has 0 aliphatic heterocycles. The van der Waals surface area contributed by atoms with Crippen LogP contribution in [0.3, 0.4) is 0 Å². The van der Waals surface area contributed by atoms with Gasteiger partial charge in [-0.2, -0.15) is 0 Å². The molecule has 0 bridgehead atoms. The van der Waals surface area contributed by atoms with Crippen LogP contribution in [0.2, 0.25) is 0 Å². The van der Waals surface area contributed by atoms with E-state index in [0.29, 0.717) is 12.1 Å². The minimum absolute atomic E-state index is 0.317. The summed E-state index contributed by atoms with van der Waals surface area (Å²) in [6, 6.07) is 15.6. The van der Waals surface area contributed by atoms with E-state index >= 15 is 0 Å². The number of amides is 1. The van der Waals surface area contributed by atoms with Crippen molar-refractivity contribution < 1.29 is 9.18 Å². The van der Waals surface area contributed by atoms with Gasteiger partial charge < -0.3 is 5.32 Å². The zero-order valence-corrected chi connectivity index (χ0v) is 10.9.